The van der Waals surface area contributed by atoms with Crippen molar-refractivity contribution in [2.45, 2.75) is 103 Å². The van der Waals surface area contributed by atoms with Crippen LogP contribution in [0, 0.1) is 0 Å². The number of aromatic carboxylic acids is 1. The highest BCUT2D eigenvalue weighted by molar-refractivity contribution is 5.88. The van der Waals surface area contributed by atoms with Crippen LogP contribution < -0.4 is 9.67 Å². The highest BCUT2D eigenvalue weighted by atomic mass is 16.4. The molecule has 1 N–H and O–H groups in total. The number of hydrogen-bond donors (Lipinski definition) is 1. The second kappa shape index (κ2) is 19.3. The summed E-state index contributed by atoms with van der Waals surface area (Å²) in [7, 11) is 0. The topological polar surface area (TPSA) is 64.2 Å². The fourth-order valence-corrected chi connectivity index (χ4v) is 3.72. The Bertz CT molecular complexity index is 703. The minimum absolute atomic E-state index is 0.178. The minimum Gasteiger partial charge on any atom is -0.545 e. The number of para-hydroxylation sites is 1. The number of carboxylic acid groups (broad SMARTS) is 1. The second-order valence-electron chi connectivity index (χ2n) is 8.51. The zero-order chi connectivity index (χ0) is 23.3. The Balaban J connectivity index is 0.000000425. The van der Waals surface area contributed by atoms with Crippen molar-refractivity contribution >= 4 is 5.97 Å². The van der Waals surface area contributed by atoms with Crippen LogP contribution in [-0.2, 0) is 6.54 Å². The van der Waals surface area contributed by atoms with E-state index in [1.807, 2.05) is 0 Å². The molecule has 0 fully saturated rings. The highest BCUT2D eigenvalue weighted by Crippen LogP contribution is 2.14. The number of nitrogens with zero attached hydrogens (tertiary/aromatic N) is 1. The van der Waals surface area contributed by atoms with E-state index in [0.717, 1.165) is 0 Å². The smallest absolute Gasteiger partial charge is 0.168 e. The summed E-state index contributed by atoms with van der Waals surface area (Å²) < 4.78 is 2.29. The molecule has 0 amide bonds. The van der Waals surface area contributed by atoms with Gasteiger partial charge in [-0.15, -0.1) is 0 Å². The lowest BCUT2D eigenvalue weighted by Gasteiger charge is -2.02. The molecule has 0 bridgehead atoms. The van der Waals surface area contributed by atoms with E-state index in [0.29, 0.717) is 0 Å². The monoisotopic (exact) mass is 441 g/mol. The zero-order valence-electron chi connectivity index (χ0n) is 20.0. The molecule has 2 rings (SSSR count). The maximum atomic E-state index is 10.2. The average Bonchev–Trinajstić information content (AvgIpc) is 2.80. The van der Waals surface area contributed by atoms with Crippen molar-refractivity contribution < 1.29 is 19.6 Å². The van der Waals surface area contributed by atoms with Crippen LogP contribution in [0.4, 0.5) is 0 Å². The van der Waals surface area contributed by atoms with Gasteiger partial charge < -0.3 is 15.0 Å². The van der Waals surface area contributed by atoms with Crippen LogP contribution in [0.5, 0.6) is 5.75 Å². The van der Waals surface area contributed by atoms with E-state index < -0.39 is 5.97 Å². The number of aromatic nitrogens is 1. The summed E-state index contributed by atoms with van der Waals surface area (Å²) >= 11 is 0. The van der Waals surface area contributed by atoms with E-state index in [1.165, 1.54) is 115 Å². The van der Waals surface area contributed by atoms with Crippen molar-refractivity contribution in [3.63, 3.8) is 0 Å². The van der Waals surface area contributed by atoms with Crippen LogP contribution in [-0.4, -0.2) is 11.1 Å². The van der Waals surface area contributed by atoms with Gasteiger partial charge in [-0.25, -0.2) is 4.57 Å². The predicted molar refractivity (Wildman–Crippen MR) is 129 cm³/mol. The third-order valence-corrected chi connectivity index (χ3v) is 5.67. The molecule has 2 aromatic rings. The van der Waals surface area contributed by atoms with Gasteiger partial charge in [-0.1, -0.05) is 102 Å². The Hall–Kier alpha value is -2.36. The van der Waals surface area contributed by atoms with Gasteiger partial charge in [-0.3, -0.25) is 0 Å². The van der Waals surface area contributed by atoms with E-state index in [9.17, 15) is 9.90 Å². The minimum atomic E-state index is -1.36. The van der Waals surface area contributed by atoms with Crippen molar-refractivity contribution in [2.75, 3.05) is 0 Å². The summed E-state index contributed by atoms with van der Waals surface area (Å²) in [5, 5.41) is 19.0. The SMILES string of the molecule is CCCCCCCCCCCCCCCC[n+]1ccccc1.O=C([O-])c1ccccc1O. The van der Waals surface area contributed by atoms with Crippen molar-refractivity contribution in [3.8, 4) is 5.75 Å². The summed E-state index contributed by atoms with van der Waals surface area (Å²) in [4.78, 5) is 10.2. The number of carbonyl (C=O) groups is 1. The molecule has 0 unspecified atom stereocenters. The Kier molecular flexibility index (Phi) is 16.7. The fraction of sp³-hybridized carbons (Fsp3) is 0.571. The molecule has 178 valence electrons. The summed E-state index contributed by atoms with van der Waals surface area (Å²) in [6, 6.07) is 12.0. The van der Waals surface area contributed by atoms with Crippen molar-refractivity contribution in [3.05, 3.63) is 60.4 Å². The molecule has 0 aliphatic rings. The van der Waals surface area contributed by atoms with E-state index >= 15 is 0 Å². The first-order chi connectivity index (χ1) is 15.6. The molecule has 0 saturated heterocycles. The fourth-order valence-electron chi connectivity index (χ4n) is 3.72. The number of aryl methyl sites for hydroxylation is 1. The van der Waals surface area contributed by atoms with Gasteiger partial charge in [0, 0.05) is 24.1 Å². The van der Waals surface area contributed by atoms with Gasteiger partial charge in [0.25, 0.3) is 0 Å². The molecule has 4 heteroatoms. The quantitative estimate of drug-likeness (QED) is 0.249. The van der Waals surface area contributed by atoms with Crippen molar-refractivity contribution in [1.29, 1.82) is 0 Å². The molecular formula is C28H43NO3. The standard InChI is InChI=1S/C21H38N.C7H6O3/c1-2-3-4-5-6-7-8-9-10-11-12-13-14-16-19-22-20-17-15-18-21-22;8-6-4-2-1-3-5(6)7(9)10/h15,17-18,20-21H,2-14,16,19H2,1H3;1-4,8H,(H,9,10)/q+1;/p-1. The average molecular weight is 442 g/mol. The Morgan fingerprint density at radius 3 is 1.62 bits per heavy atom. The number of pyridine rings is 1. The lowest BCUT2D eigenvalue weighted by Crippen LogP contribution is -2.32. The maximum absolute atomic E-state index is 10.2. The molecule has 0 saturated carbocycles. The molecular weight excluding hydrogens is 398 g/mol. The lowest BCUT2D eigenvalue weighted by molar-refractivity contribution is -0.697. The van der Waals surface area contributed by atoms with Gasteiger partial charge in [0.15, 0.2) is 12.4 Å². The first-order valence-corrected chi connectivity index (χ1v) is 12.6. The number of aromatic hydroxyl groups is 1. The Morgan fingerprint density at radius 2 is 1.19 bits per heavy atom. The maximum Gasteiger partial charge on any atom is 0.168 e. The van der Waals surface area contributed by atoms with Crippen LogP contribution >= 0.6 is 0 Å². The largest absolute Gasteiger partial charge is 0.545 e. The number of rotatable bonds is 16. The van der Waals surface area contributed by atoms with Crippen LogP contribution in [0.3, 0.4) is 0 Å². The van der Waals surface area contributed by atoms with Crippen LogP contribution in [0.1, 0.15) is 107 Å². The molecule has 1 aromatic carbocycles. The van der Waals surface area contributed by atoms with Crippen LogP contribution in [0.2, 0.25) is 0 Å². The van der Waals surface area contributed by atoms with Gasteiger partial charge in [-0.05, 0) is 18.6 Å². The summed E-state index contributed by atoms with van der Waals surface area (Å²) in [6.07, 6.45) is 24.4. The molecule has 1 heterocycles. The summed E-state index contributed by atoms with van der Waals surface area (Å²) in [6.45, 7) is 3.47. The molecule has 0 aliphatic heterocycles. The van der Waals surface area contributed by atoms with Crippen LogP contribution in [0.25, 0.3) is 0 Å². The first kappa shape index (κ1) is 27.7. The molecule has 0 atom stereocenters. The van der Waals surface area contributed by atoms with Gasteiger partial charge in [0.1, 0.15) is 12.3 Å². The van der Waals surface area contributed by atoms with Crippen LogP contribution in [0.15, 0.2) is 54.9 Å². The number of carboxylic acids is 1. The molecule has 0 radical (unpaired) electrons. The molecule has 0 aliphatic carbocycles. The van der Waals surface area contributed by atoms with Gasteiger partial charge in [0.2, 0.25) is 0 Å². The number of benzene rings is 1. The number of carbonyl (C=O) groups excluding carboxylic acids is 1. The number of hydrogen-bond acceptors (Lipinski definition) is 3. The predicted octanol–water partition coefficient (Wildman–Crippen LogP) is 6.21. The number of unbranched alkanes of at least 4 members (excludes halogenated alkanes) is 13. The first-order valence-electron chi connectivity index (χ1n) is 12.6. The Labute approximate surface area is 195 Å². The van der Waals surface area contributed by atoms with E-state index in [-0.39, 0.29) is 11.3 Å². The third kappa shape index (κ3) is 14.6. The highest BCUT2D eigenvalue weighted by Gasteiger charge is 1.98. The second-order valence-corrected chi connectivity index (χ2v) is 8.51. The van der Waals surface area contributed by atoms with Gasteiger partial charge in [0.05, 0.1) is 5.97 Å². The molecule has 1 aromatic heterocycles. The zero-order valence-corrected chi connectivity index (χ0v) is 20.0. The number of phenols is 1. The third-order valence-electron chi connectivity index (χ3n) is 5.67. The normalized spacial score (nSPS) is 10.4. The van der Waals surface area contributed by atoms with Crippen molar-refractivity contribution in [2.24, 2.45) is 0 Å². The van der Waals surface area contributed by atoms with E-state index in [1.54, 1.807) is 6.07 Å². The Morgan fingerprint density at radius 1 is 0.719 bits per heavy atom. The molecule has 32 heavy (non-hydrogen) atoms. The molecule has 4 nitrogen and oxygen atoms in total. The summed E-state index contributed by atoms with van der Waals surface area (Å²) in [5.41, 5.74) is -0.178. The molecule has 0 spiro atoms. The van der Waals surface area contributed by atoms with E-state index in [4.69, 9.17) is 5.11 Å². The van der Waals surface area contributed by atoms with Gasteiger partial charge in [-0.2, -0.15) is 0 Å². The van der Waals surface area contributed by atoms with Gasteiger partial charge >= 0.3 is 0 Å². The van der Waals surface area contributed by atoms with E-state index in [2.05, 4.69) is 42.1 Å². The lowest BCUT2D eigenvalue weighted by atomic mass is 10.0. The summed E-state index contributed by atoms with van der Waals surface area (Å²) in [5.74, 6) is -1.62. The van der Waals surface area contributed by atoms with Crippen molar-refractivity contribution in [1.82, 2.24) is 0 Å².